The van der Waals surface area contributed by atoms with E-state index in [1.165, 1.54) is 0 Å². The van der Waals surface area contributed by atoms with Crippen molar-refractivity contribution < 1.29 is 23.8 Å². The van der Waals surface area contributed by atoms with Crippen molar-refractivity contribution in [2.75, 3.05) is 26.4 Å². The third-order valence-corrected chi connectivity index (χ3v) is 3.88. The molecule has 0 atom stereocenters. The molecule has 120 valence electrons. The molecular weight excluding hydrogens is 289 g/mol. The van der Waals surface area contributed by atoms with Gasteiger partial charge in [-0.15, -0.1) is 0 Å². The van der Waals surface area contributed by atoms with E-state index in [1.54, 1.807) is 29.2 Å². The van der Waals surface area contributed by atoms with Crippen LogP contribution in [-0.2, 0) is 4.79 Å². The van der Waals surface area contributed by atoms with Gasteiger partial charge in [0.1, 0.15) is 5.75 Å². The molecule has 1 saturated heterocycles. The number of carbonyl (C=O) groups excluding carboxylic acids is 1. The van der Waals surface area contributed by atoms with E-state index in [4.69, 9.17) is 9.84 Å². The van der Waals surface area contributed by atoms with Gasteiger partial charge in [0.2, 0.25) is 0 Å². The van der Waals surface area contributed by atoms with Crippen LogP contribution in [0, 0.1) is 5.92 Å². The van der Waals surface area contributed by atoms with Crippen molar-refractivity contribution in [2.45, 2.75) is 19.3 Å². The second-order valence-electron chi connectivity index (χ2n) is 5.42. The van der Waals surface area contributed by atoms with E-state index in [9.17, 15) is 14.0 Å². The second kappa shape index (κ2) is 7.77. The molecule has 0 spiro atoms. The van der Waals surface area contributed by atoms with Crippen molar-refractivity contribution in [1.82, 2.24) is 4.90 Å². The van der Waals surface area contributed by atoms with Gasteiger partial charge in [0.25, 0.3) is 5.91 Å². The largest absolute Gasteiger partial charge is 0.482 e. The van der Waals surface area contributed by atoms with Crippen LogP contribution in [0.25, 0.3) is 0 Å². The van der Waals surface area contributed by atoms with Gasteiger partial charge < -0.3 is 14.7 Å². The molecule has 0 unspecified atom stereocenters. The minimum Gasteiger partial charge on any atom is -0.482 e. The fourth-order valence-corrected chi connectivity index (χ4v) is 2.60. The minimum absolute atomic E-state index is 0.0523. The molecule has 0 aromatic heterocycles. The summed E-state index contributed by atoms with van der Waals surface area (Å²) in [7, 11) is 0. The van der Waals surface area contributed by atoms with Gasteiger partial charge >= 0.3 is 5.97 Å². The fraction of sp³-hybridized carbons (Fsp3) is 0.500. The van der Waals surface area contributed by atoms with Crippen LogP contribution in [-0.4, -0.2) is 48.3 Å². The zero-order valence-corrected chi connectivity index (χ0v) is 12.3. The lowest BCUT2D eigenvalue weighted by Gasteiger charge is -2.31. The second-order valence-corrected chi connectivity index (χ2v) is 5.42. The molecule has 1 aromatic rings. The number of likely N-dealkylation sites (tertiary alicyclic amines) is 1. The number of carboxylic acids is 1. The Hall–Kier alpha value is -2.11. The van der Waals surface area contributed by atoms with E-state index < -0.39 is 12.6 Å². The Morgan fingerprint density at radius 2 is 1.86 bits per heavy atom. The monoisotopic (exact) mass is 309 g/mol. The Morgan fingerprint density at radius 1 is 1.23 bits per heavy atom. The molecule has 1 aliphatic heterocycles. The van der Waals surface area contributed by atoms with Gasteiger partial charge in [0.15, 0.2) is 6.61 Å². The summed E-state index contributed by atoms with van der Waals surface area (Å²) in [5.74, 6) is -0.304. The predicted octanol–water partition coefficient (Wildman–Crippen LogP) is 2.36. The number of carbonyl (C=O) groups is 2. The van der Waals surface area contributed by atoms with Crippen LogP contribution in [0.4, 0.5) is 4.39 Å². The average Bonchev–Trinajstić information content (AvgIpc) is 2.54. The van der Waals surface area contributed by atoms with E-state index in [0.717, 1.165) is 12.8 Å². The average molecular weight is 309 g/mol. The van der Waals surface area contributed by atoms with Gasteiger partial charge in [-0.2, -0.15) is 0 Å². The molecule has 1 aliphatic rings. The molecule has 2 rings (SSSR count). The molecule has 0 radical (unpaired) electrons. The minimum atomic E-state index is -1.05. The van der Waals surface area contributed by atoms with Crippen molar-refractivity contribution in [1.29, 1.82) is 0 Å². The lowest BCUT2D eigenvalue weighted by Crippen LogP contribution is -2.38. The van der Waals surface area contributed by atoms with Crippen LogP contribution < -0.4 is 4.74 Å². The number of aliphatic carboxylic acids is 1. The first-order valence-electron chi connectivity index (χ1n) is 7.40. The van der Waals surface area contributed by atoms with E-state index in [-0.39, 0.29) is 12.6 Å². The maximum absolute atomic E-state index is 12.4. The summed E-state index contributed by atoms with van der Waals surface area (Å²) in [6, 6.07) is 6.44. The highest BCUT2D eigenvalue weighted by Gasteiger charge is 2.23. The lowest BCUT2D eigenvalue weighted by molar-refractivity contribution is -0.139. The highest BCUT2D eigenvalue weighted by Crippen LogP contribution is 2.22. The molecular formula is C16H20FNO4. The SMILES string of the molecule is O=C(O)COc1ccc(C(=O)N2CCC(CCF)CC2)cc1. The summed E-state index contributed by atoms with van der Waals surface area (Å²) in [5.41, 5.74) is 0.548. The zero-order valence-electron chi connectivity index (χ0n) is 12.3. The first-order valence-corrected chi connectivity index (χ1v) is 7.40. The number of hydrogen-bond donors (Lipinski definition) is 1. The van der Waals surface area contributed by atoms with E-state index in [0.29, 0.717) is 36.7 Å². The molecule has 0 bridgehead atoms. The molecule has 1 amide bonds. The number of halogens is 1. The summed E-state index contributed by atoms with van der Waals surface area (Å²) < 4.78 is 17.3. The Labute approximate surface area is 128 Å². The first-order chi connectivity index (χ1) is 10.6. The van der Waals surface area contributed by atoms with Crippen LogP contribution in [0.1, 0.15) is 29.6 Å². The van der Waals surface area contributed by atoms with Crippen LogP contribution in [0.3, 0.4) is 0 Å². The van der Waals surface area contributed by atoms with Crippen LogP contribution >= 0.6 is 0 Å². The molecule has 6 heteroatoms. The van der Waals surface area contributed by atoms with Crippen molar-refractivity contribution in [3.63, 3.8) is 0 Å². The van der Waals surface area contributed by atoms with Crippen LogP contribution in [0.2, 0.25) is 0 Å². The van der Waals surface area contributed by atoms with Gasteiger partial charge in [-0.3, -0.25) is 9.18 Å². The highest BCUT2D eigenvalue weighted by molar-refractivity contribution is 5.94. The maximum atomic E-state index is 12.4. The highest BCUT2D eigenvalue weighted by atomic mass is 19.1. The Kier molecular flexibility index (Phi) is 5.75. The van der Waals surface area contributed by atoms with Crippen molar-refractivity contribution >= 4 is 11.9 Å². The molecule has 0 aliphatic carbocycles. The Bertz CT molecular complexity index is 509. The first kappa shape index (κ1) is 16.3. The predicted molar refractivity (Wildman–Crippen MR) is 78.8 cm³/mol. The number of rotatable bonds is 6. The molecule has 5 nitrogen and oxygen atoms in total. The van der Waals surface area contributed by atoms with E-state index in [1.807, 2.05) is 0 Å². The molecule has 1 N–H and O–H groups in total. The van der Waals surface area contributed by atoms with Crippen LogP contribution in [0.5, 0.6) is 5.75 Å². The standard InChI is InChI=1S/C16H20FNO4/c17-8-5-12-6-9-18(10-7-12)16(21)13-1-3-14(4-2-13)22-11-15(19)20/h1-4,12H,5-11H2,(H,19,20). The number of hydrogen-bond acceptors (Lipinski definition) is 3. The number of nitrogens with zero attached hydrogens (tertiary/aromatic N) is 1. The summed E-state index contributed by atoms with van der Waals surface area (Å²) in [4.78, 5) is 24.6. The van der Waals surface area contributed by atoms with Gasteiger partial charge in [0, 0.05) is 18.7 Å². The number of piperidine rings is 1. The number of carboxylic acid groups (broad SMARTS) is 1. The third-order valence-electron chi connectivity index (χ3n) is 3.88. The number of amides is 1. The molecule has 1 fully saturated rings. The molecule has 0 saturated carbocycles. The third kappa shape index (κ3) is 4.44. The molecule has 1 heterocycles. The summed E-state index contributed by atoms with van der Waals surface area (Å²) in [6.45, 7) is 0.604. The smallest absolute Gasteiger partial charge is 0.341 e. The fourth-order valence-electron chi connectivity index (χ4n) is 2.60. The van der Waals surface area contributed by atoms with E-state index in [2.05, 4.69) is 0 Å². The molecule has 1 aromatic carbocycles. The van der Waals surface area contributed by atoms with Gasteiger partial charge in [0.05, 0.1) is 6.67 Å². The Balaban J connectivity index is 1.89. The van der Waals surface area contributed by atoms with Gasteiger partial charge in [-0.25, -0.2) is 4.79 Å². The summed E-state index contributed by atoms with van der Waals surface area (Å²) >= 11 is 0. The van der Waals surface area contributed by atoms with Crippen molar-refractivity contribution in [3.8, 4) is 5.75 Å². The van der Waals surface area contributed by atoms with Crippen molar-refractivity contribution in [2.24, 2.45) is 5.92 Å². The van der Waals surface area contributed by atoms with Crippen molar-refractivity contribution in [3.05, 3.63) is 29.8 Å². The van der Waals surface area contributed by atoms with E-state index >= 15 is 0 Å². The quantitative estimate of drug-likeness (QED) is 0.876. The van der Waals surface area contributed by atoms with Crippen LogP contribution in [0.15, 0.2) is 24.3 Å². The number of ether oxygens (including phenoxy) is 1. The Morgan fingerprint density at radius 3 is 2.41 bits per heavy atom. The zero-order chi connectivity index (χ0) is 15.9. The lowest BCUT2D eigenvalue weighted by atomic mass is 9.94. The van der Waals surface area contributed by atoms with Gasteiger partial charge in [-0.1, -0.05) is 0 Å². The van der Waals surface area contributed by atoms with Gasteiger partial charge in [-0.05, 0) is 49.4 Å². The normalized spacial score (nSPS) is 15.6. The topological polar surface area (TPSA) is 66.8 Å². The summed E-state index contributed by atoms with van der Waals surface area (Å²) in [5, 5.41) is 8.54. The maximum Gasteiger partial charge on any atom is 0.341 e. The number of benzene rings is 1. The number of alkyl halides is 1. The summed E-state index contributed by atoms with van der Waals surface area (Å²) in [6.07, 6.45) is 2.27. The molecule has 22 heavy (non-hydrogen) atoms.